The van der Waals surface area contributed by atoms with E-state index < -0.39 is 15.1 Å². The molecule has 16 heavy (non-hydrogen) atoms. The van der Waals surface area contributed by atoms with Crippen molar-refractivity contribution in [3.8, 4) is 0 Å². The molecule has 1 fully saturated rings. The molecule has 2 unspecified atom stereocenters. The first kappa shape index (κ1) is 13.4. The summed E-state index contributed by atoms with van der Waals surface area (Å²) in [4.78, 5) is 13.4. The van der Waals surface area contributed by atoms with Gasteiger partial charge < -0.3 is 15.4 Å². The SMILES string of the molecule is CC(C(=O)N1CCOC(CN)C1)S(C)(=O)=O. The van der Waals surface area contributed by atoms with Crippen molar-refractivity contribution in [1.82, 2.24) is 4.90 Å². The van der Waals surface area contributed by atoms with E-state index in [2.05, 4.69) is 0 Å². The Morgan fingerprint density at radius 1 is 1.62 bits per heavy atom. The van der Waals surface area contributed by atoms with Gasteiger partial charge in [-0.05, 0) is 6.92 Å². The Hall–Kier alpha value is -0.660. The standard InChI is InChI=1S/C9H18N2O4S/c1-7(16(2,13)14)9(12)11-3-4-15-8(5-10)6-11/h7-8H,3-6,10H2,1-2H3. The van der Waals surface area contributed by atoms with Crippen LogP contribution in [0.1, 0.15) is 6.92 Å². The fourth-order valence-electron chi connectivity index (χ4n) is 1.50. The van der Waals surface area contributed by atoms with Crippen LogP contribution in [0.15, 0.2) is 0 Å². The minimum Gasteiger partial charge on any atom is -0.373 e. The highest BCUT2D eigenvalue weighted by Crippen LogP contribution is 2.09. The van der Waals surface area contributed by atoms with Crippen LogP contribution in [-0.2, 0) is 19.4 Å². The smallest absolute Gasteiger partial charge is 0.240 e. The van der Waals surface area contributed by atoms with Crippen LogP contribution in [-0.4, -0.2) is 63.1 Å². The molecule has 6 nitrogen and oxygen atoms in total. The molecule has 1 rings (SSSR count). The van der Waals surface area contributed by atoms with E-state index in [4.69, 9.17) is 10.5 Å². The van der Waals surface area contributed by atoms with E-state index in [9.17, 15) is 13.2 Å². The zero-order chi connectivity index (χ0) is 12.3. The summed E-state index contributed by atoms with van der Waals surface area (Å²) in [7, 11) is -3.34. The number of carbonyl (C=O) groups is 1. The maximum Gasteiger partial charge on any atom is 0.240 e. The Morgan fingerprint density at radius 3 is 2.75 bits per heavy atom. The molecule has 7 heteroatoms. The molecule has 1 aliphatic heterocycles. The zero-order valence-corrected chi connectivity index (χ0v) is 10.4. The maximum absolute atomic E-state index is 11.9. The highest BCUT2D eigenvalue weighted by atomic mass is 32.2. The topological polar surface area (TPSA) is 89.7 Å². The number of hydrogen-bond donors (Lipinski definition) is 1. The van der Waals surface area contributed by atoms with E-state index >= 15 is 0 Å². The van der Waals surface area contributed by atoms with Crippen LogP contribution in [0.4, 0.5) is 0 Å². The van der Waals surface area contributed by atoms with Gasteiger partial charge in [-0.25, -0.2) is 8.42 Å². The molecule has 0 bridgehead atoms. The van der Waals surface area contributed by atoms with Crippen molar-refractivity contribution in [3.63, 3.8) is 0 Å². The molecule has 1 aliphatic rings. The molecular weight excluding hydrogens is 232 g/mol. The minimum absolute atomic E-state index is 0.190. The van der Waals surface area contributed by atoms with E-state index in [1.54, 1.807) is 0 Å². The number of nitrogens with two attached hydrogens (primary N) is 1. The molecule has 94 valence electrons. The molecule has 0 spiro atoms. The van der Waals surface area contributed by atoms with Gasteiger partial charge in [0.25, 0.3) is 0 Å². The fraction of sp³-hybridized carbons (Fsp3) is 0.889. The normalized spacial score (nSPS) is 24.2. The zero-order valence-electron chi connectivity index (χ0n) is 9.55. The van der Waals surface area contributed by atoms with Gasteiger partial charge in [-0.1, -0.05) is 0 Å². The quantitative estimate of drug-likeness (QED) is 0.666. The third-order valence-electron chi connectivity index (χ3n) is 2.70. The summed E-state index contributed by atoms with van der Waals surface area (Å²) >= 11 is 0. The van der Waals surface area contributed by atoms with Crippen LogP contribution in [0, 0.1) is 0 Å². The number of amides is 1. The monoisotopic (exact) mass is 250 g/mol. The Morgan fingerprint density at radius 2 is 2.25 bits per heavy atom. The van der Waals surface area contributed by atoms with Crippen molar-refractivity contribution in [3.05, 3.63) is 0 Å². The van der Waals surface area contributed by atoms with Gasteiger partial charge >= 0.3 is 0 Å². The van der Waals surface area contributed by atoms with Crippen LogP contribution in [0.25, 0.3) is 0 Å². The molecule has 1 saturated heterocycles. The average Bonchev–Trinajstić information content (AvgIpc) is 2.26. The third kappa shape index (κ3) is 3.16. The van der Waals surface area contributed by atoms with Gasteiger partial charge in [0.15, 0.2) is 9.84 Å². The molecule has 0 radical (unpaired) electrons. The summed E-state index contributed by atoms with van der Waals surface area (Å²) in [6.07, 6.45) is 0.876. The number of carbonyl (C=O) groups excluding carboxylic acids is 1. The largest absolute Gasteiger partial charge is 0.373 e. The first-order valence-electron chi connectivity index (χ1n) is 5.15. The van der Waals surface area contributed by atoms with E-state index in [0.29, 0.717) is 26.2 Å². The lowest BCUT2D eigenvalue weighted by Gasteiger charge is -2.33. The van der Waals surface area contributed by atoms with Gasteiger partial charge in [0.1, 0.15) is 5.25 Å². The summed E-state index contributed by atoms with van der Waals surface area (Å²) < 4.78 is 27.8. The first-order chi connectivity index (χ1) is 7.36. The van der Waals surface area contributed by atoms with E-state index in [0.717, 1.165) is 6.26 Å². The van der Waals surface area contributed by atoms with Crippen LogP contribution in [0.5, 0.6) is 0 Å². The van der Waals surface area contributed by atoms with Crippen LogP contribution in [0.3, 0.4) is 0 Å². The minimum atomic E-state index is -3.34. The Labute approximate surface area is 95.7 Å². The predicted molar refractivity (Wildman–Crippen MR) is 59.7 cm³/mol. The third-order valence-corrected chi connectivity index (χ3v) is 4.19. The lowest BCUT2D eigenvalue weighted by molar-refractivity contribution is -0.137. The van der Waals surface area contributed by atoms with Crippen LogP contribution < -0.4 is 5.73 Å². The van der Waals surface area contributed by atoms with Crippen molar-refractivity contribution in [1.29, 1.82) is 0 Å². The summed E-state index contributed by atoms with van der Waals surface area (Å²) in [6, 6.07) is 0. The van der Waals surface area contributed by atoms with Crippen molar-refractivity contribution >= 4 is 15.7 Å². The van der Waals surface area contributed by atoms with Crippen LogP contribution in [0.2, 0.25) is 0 Å². The molecule has 0 aliphatic carbocycles. The second-order valence-electron chi connectivity index (χ2n) is 3.98. The van der Waals surface area contributed by atoms with E-state index in [1.165, 1.54) is 11.8 Å². The van der Waals surface area contributed by atoms with Gasteiger partial charge in [-0.15, -0.1) is 0 Å². The maximum atomic E-state index is 11.9. The first-order valence-corrected chi connectivity index (χ1v) is 7.11. The second-order valence-corrected chi connectivity index (χ2v) is 6.35. The van der Waals surface area contributed by atoms with Crippen LogP contribution >= 0.6 is 0 Å². The Kier molecular flexibility index (Phi) is 4.28. The lowest BCUT2D eigenvalue weighted by Crippen LogP contribution is -2.51. The number of morpholine rings is 1. The van der Waals surface area contributed by atoms with E-state index in [1.807, 2.05) is 0 Å². The second kappa shape index (κ2) is 5.11. The number of nitrogens with zero attached hydrogens (tertiary/aromatic N) is 1. The van der Waals surface area contributed by atoms with Gasteiger partial charge in [-0.3, -0.25) is 4.79 Å². The number of rotatable bonds is 3. The molecular formula is C9H18N2O4S. The molecule has 2 N–H and O–H groups in total. The summed E-state index contributed by atoms with van der Waals surface area (Å²) in [5.74, 6) is -0.371. The number of ether oxygens (including phenoxy) is 1. The van der Waals surface area contributed by atoms with Crippen molar-refractivity contribution in [2.45, 2.75) is 18.3 Å². The Bertz CT molecular complexity index is 355. The molecule has 0 aromatic rings. The van der Waals surface area contributed by atoms with Gasteiger partial charge in [0, 0.05) is 25.9 Å². The van der Waals surface area contributed by atoms with Crippen molar-refractivity contribution < 1.29 is 17.9 Å². The van der Waals surface area contributed by atoms with Gasteiger partial charge in [0.2, 0.25) is 5.91 Å². The van der Waals surface area contributed by atoms with Gasteiger partial charge in [0.05, 0.1) is 12.7 Å². The molecule has 0 aromatic heterocycles. The summed E-state index contributed by atoms with van der Waals surface area (Å²) in [6.45, 7) is 2.94. The van der Waals surface area contributed by atoms with Gasteiger partial charge in [-0.2, -0.15) is 0 Å². The van der Waals surface area contributed by atoms with Crippen molar-refractivity contribution in [2.24, 2.45) is 5.73 Å². The molecule has 1 heterocycles. The molecule has 0 aromatic carbocycles. The molecule has 1 amide bonds. The Balaban J connectivity index is 2.67. The predicted octanol–water partition coefficient (Wildman–Crippen LogP) is -1.39. The highest BCUT2D eigenvalue weighted by Gasteiger charge is 2.31. The summed E-state index contributed by atoms with van der Waals surface area (Å²) in [5.41, 5.74) is 5.45. The van der Waals surface area contributed by atoms with Crippen molar-refractivity contribution in [2.75, 3.05) is 32.5 Å². The number of sulfone groups is 1. The van der Waals surface area contributed by atoms with E-state index in [-0.39, 0.29) is 12.0 Å². The average molecular weight is 250 g/mol. The summed E-state index contributed by atoms with van der Waals surface area (Å²) in [5, 5.41) is -0.996. The highest BCUT2D eigenvalue weighted by molar-refractivity contribution is 7.92. The number of hydrogen-bond acceptors (Lipinski definition) is 5. The molecule has 0 saturated carbocycles. The fourth-order valence-corrected chi connectivity index (χ4v) is 2.02. The molecule has 2 atom stereocenters. The lowest BCUT2D eigenvalue weighted by atomic mass is 10.2.